The first kappa shape index (κ1) is 16.1. The molecule has 1 aromatic rings. The molecule has 0 aromatic heterocycles. The van der Waals surface area contributed by atoms with Gasteiger partial charge in [-0.2, -0.15) is 0 Å². The lowest BCUT2D eigenvalue weighted by Gasteiger charge is -2.34. The Kier molecular flexibility index (Phi) is 4.06. The number of nitrogens with one attached hydrogen (secondary N) is 1. The van der Waals surface area contributed by atoms with E-state index in [0.717, 1.165) is 9.80 Å². The van der Waals surface area contributed by atoms with Crippen LogP contribution in [0.25, 0.3) is 0 Å². The average Bonchev–Trinajstić information content (AvgIpc) is 2.83. The Balaban J connectivity index is 1.96. The molecule has 126 valence electrons. The highest BCUT2D eigenvalue weighted by atomic mass is 16.3. The topological polar surface area (TPSA) is 107 Å². The first-order chi connectivity index (χ1) is 11.5. The van der Waals surface area contributed by atoms with E-state index in [4.69, 9.17) is 5.11 Å². The Hall–Kier alpha value is -2.74. The Labute approximate surface area is 138 Å². The van der Waals surface area contributed by atoms with Gasteiger partial charge < -0.3 is 10.4 Å². The lowest BCUT2D eigenvalue weighted by atomic mass is 10.0. The fraction of sp³-hybridized carbons (Fsp3) is 0.375. The van der Waals surface area contributed by atoms with Crippen LogP contribution in [0.2, 0.25) is 0 Å². The van der Waals surface area contributed by atoms with Gasteiger partial charge in [-0.25, -0.2) is 0 Å². The van der Waals surface area contributed by atoms with E-state index in [-0.39, 0.29) is 37.1 Å². The summed E-state index contributed by atoms with van der Waals surface area (Å²) < 4.78 is 0. The maximum absolute atomic E-state index is 12.7. The van der Waals surface area contributed by atoms with E-state index >= 15 is 0 Å². The molecule has 1 saturated heterocycles. The van der Waals surface area contributed by atoms with E-state index in [1.165, 1.54) is 0 Å². The number of β-amino-alcohol motifs (C(OH)–C–C–N with tert-alkyl or cyclic N) is 1. The molecule has 0 bridgehead atoms. The summed E-state index contributed by atoms with van der Waals surface area (Å²) in [4.78, 5) is 51.6. The maximum Gasteiger partial charge on any atom is 0.264 e. The number of hydrogen-bond donors (Lipinski definition) is 2. The molecule has 4 amide bonds. The van der Waals surface area contributed by atoms with E-state index in [1.54, 1.807) is 25.2 Å². The van der Waals surface area contributed by atoms with Gasteiger partial charge in [0, 0.05) is 19.2 Å². The smallest absolute Gasteiger partial charge is 0.264 e. The van der Waals surface area contributed by atoms with Crippen molar-refractivity contribution in [1.82, 2.24) is 9.80 Å². The lowest BCUT2D eigenvalue weighted by molar-refractivity contribution is -0.152. The predicted octanol–water partition coefficient (Wildman–Crippen LogP) is -0.166. The molecule has 1 aromatic carbocycles. The summed E-state index contributed by atoms with van der Waals surface area (Å²) in [6, 6.07) is 3.85. The molecule has 1 fully saturated rings. The van der Waals surface area contributed by atoms with Crippen LogP contribution in [0, 0.1) is 0 Å². The van der Waals surface area contributed by atoms with Gasteiger partial charge in [-0.15, -0.1) is 0 Å². The number of aliphatic hydroxyl groups excluding tert-OH is 1. The number of amides is 4. The molecule has 2 heterocycles. The van der Waals surface area contributed by atoms with Gasteiger partial charge >= 0.3 is 0 Å². The van der Waals surface area contributed by atoms with Crippen molar-refractivity contribution >= 4 is 29.3 Å². The van der Waals surface area contributed by atoms with Crippen molar-refractivity contribution in [2.45, 2.75) is 18.9 Å². The number of piperidine rings is 1. The first-order valence-electron chi connectivity index (χ1n) is 7.65. The number of likely N-dealkylation sites (tertiary alicyclic amines) is 1. The molecule has 2 aliphatic rings. The molecule has 0 unspecified atom stereocenters. The Bertz CT molecular complexity index is 745. The number of fused-ring (bicyclic) bond motifs is 1. The molecule has 0 saturated carbocycles. The Morgan fingerprint density at radius 2 is 1.96 bits per heavy atom. The molecule has 0 aliphatic carbocycles. The maximum atomic E-state index is 12.7. The fourth-order valence-electron chi connectivity index (χ4n) is 3.19. The zero-order valence-corrected chi connectivity index (χ0v) is 13.1. The van der Waals surface area contributed by atoms with Gasteiger partial charge in [0.2, 0.25) is 5.91 Å². The van der Waals surface area contributed by atoms with Crippen LogP contribution >= 0.6 is 0 Å². The molecular weight excluding hydrogens is 314 g/mol. The summed E-state index contributed by atoms with van der Waals surface area (Å²) in [5.41, 5.74) is 0.994. The summed E-state index contributed by atoms with van der Waals surface area (Å²) in [7, 11) is 1.64. The van der Waals surface area contributed by atoms with E-state index in [9.17, 15) is 19.2 Å². The number of aliphatic hydroxyl groups is 1. The summed E-state index contributed by atoms with van der Waals surface area (Å²) in [6.45, 7) is -0.505. The second-order valence-corrected chi connectivity index (χ2v) is 5.62. The van der Waals surface area contributed by atoms with E-state index in [0.29, 0.717) is 5.69 Å². The van der Waals surface area contributed by atoms with Crippen LogP contribution in [0.1, 0.15) is 33.6 Å². The standard InChI is InChI=1S/C16H17N3O5/c1-17-10-4-2-3-9-13(10)16(24)19(14(9)22)11-5-6-12(21)18(7-8-20)15(11)23/h2-4,11,17,20H,5-8H2,1H3/t11-/m0/s1. The minimum atomic E-state index is -1.02. The number of rotatable bonds is 4. The second kappa shape index (κ2) is 6.04. The van der Waals surface area contributed by atoms with Gasteiger partial charge in [0.1, 0.15) is 6.04 Å². The third-order valence-corrected chi connectivity index (χ3v) is 4.33. The predicted molar refractivity (Wildman–Crippen MR) is 83.3 cm³/mol. The number of hydrogen-bond acceptors (Lipinski definition) is 6. The summed E-state index contributed by atoms with van der Waals surface area (Å²) in [6.07, 6.45) is 0.142. The highest BCUT2D eigenvalue weighted by molar-refractivity contribution is 6.25. The number of carbonyl (C=O) groups excluding carboxylic acids is 4. The van der Waals surface area contributed by atoms with Gasteiger partial charge in [-0.3, -0.25) is 29.0 Å². The van der Waals surface area contributed by atoms with Crippen molar-refractivity contribution in [3.8, 4) is 0 Å². The number of imide groups is 2. The molecule has 24 heavy (non-hydrogen) atoms. The zero-order chi connectivity index (χ0) is 17.4. The van der Waals surface area contributed by atoms with Crippen LogP contribution in [-0.2, 0) is 9.59 Å². The van der Waals surface area contributed by atoms with Crippen LogP contribution in [-0.4, -0.2) is 64.8 Å². The summed E-state index contributed by atoms with van der Waals surface area (Å²) in [5.74, 6) is -2.11. The van der Waals surface area contributed by atoms with E-state index < -0.39 is 29.7 Å². The quantitative estimate of drug-likeness (QED) is 0.742. The largest absolute Gasteiger partial charge is 0.395 e. The molecule has 8 nitrogen and oxygen atoms in total. The van der Waals surface area contributed by atoms with Gasteiger partial charge in [-0.05, 0) is 18.6 Å². The van der Waals surface area contributed by atoms with Crippen molar-refractivity contribution in [2.24, 2.45) is 0 Å². The third kappa shape index (κ3) is 2.26. The van der Waals surface area contributed by atoms with Gasteiger partial charge in [0.05, 0.1) is 24.3 Å². The van der Waals surface area contributed by atoms with Crippen LogP contribution < -0.4 is 5.32 Å². The summed E-state index contributed by atoms with van der Waals surface area (Å²) in [5, 5.41) is 11.9. The van der Waals surface area contributed by atoms with Crippen molar-refractivity contribution in [3.05, 3.63) is 29.3 Å². The third-order valence-electron chi connectivity index (χ3n) is 4.33. The summed E-state index contributed by atoms with van der Waals surface area (Å²) >= 11 is 0. The van der Waals surface area contributed by atoms with Crippen molar-refractivity contribution in [2.75, 3.05) is 25.5 Å². The highest BCUT2D eigenvalue weighted by Gasteiger charge is 2.47. The monoisotopic (exact) mass is 331 g/mol. The molecule has 1 atom stereocenters. The molecule has 3 rings (SSSR count). The van der Waals surface area contributed by atoms with Crippen LogP contribution in [0.4, 0.5) is 5.69 Å². The number of benzene rings is 1. The fourth-order valence-corrected chi connectivity index (χ4v) is 3.19. The Morgan fingerprint density at radius 1 is 1.21 bits per heavy atom. The van der Waals surface area contributed by atoms with Crippen molar-refractivity contribution < 1.29 is 24.3 Å². The normalized spacial score (nSPS) is 20.7. The second-order valence-electron chi connectivity index (χ2n) is 5.62. The number of nitrogens with zero attached hydrogens (tertiary/aromatic N) is 2. The van der Waals surface area contributed by atoms with Gasteiger partial charge in [0.15, 0.2) is 0 Å². The highest BCUT2D eigenvalue weighted by Crippen LogP contribution is 2.32. The van der Waals surface area contributed by atoms with Crippen LogP contribution in [0.5, 0.6) is 0 Å². The Morgan fingerprint density at radius 3 is 2.62 bits per heavy atom. The lowest BCUT2D eigenvalue weighted by Crippen LogP contribution is -2.56. The molecule has 8 heteroatoms. The molecule has 0 radical (unpaired) electrons. The van der Waals surface area contributed by atoms with E-state index in [2.05, 4.69) is 5.32 Å². The SMILES string of the molecule is CNc1cccc2c1C(=O)N([C@H]1CCC(=O)N(CCO)C1=O)C2=O. The van der Waals surface area contributed by atoms with Crippen LogP contribution in [0.15, 0.2) is 18.2 Å². The van der Waals surface area contributed by atoms with Crippen molar-refractivity contribution in [3.63, 3.8) is 0 Å². The first-order valence-corrected chi connectivity index (χ1v) is 7.65. The number of anilines is 1. The molecule has 0 spiro atoms. The molecular formula is C16H17N3O5. The van der Waals surface area contributed by atoms with Crippen molar-refractivity contribution in [1.29, 1.82) is 0 Å². The zero-order valence-electron chi connectivity index (χ0n) is 13.1. The van der Waals surface area contributed by atoms with Crippen LogP contribution in [0.3, 0.4) is 0 Å². The minimum absolute atomic E-state index is 0.0443. The van der Waals surface area contributed by atoms with E-state index in [1.807, 2.05) is 0 Å². The molecule has 2 aliphatic heterocycles. The van der Waals surface area contributed by atoms with Gasteiger partial charge in [-0.1, -0.05) is 6.07 Å². The van der Waals surface area contributed by atoms with Gasteiger partial charge in [0.25, 0.3) is 17.7 Å². The molecule has 2 N–H and O–H groups in total. The average molecular weight is 331 g/mol. The minimum Gasteiger partial charge on any atom is -0.395 e. The number of carbonyl (C=O) groups is 4.